The fraction of sp³-hybridized carbons (Fsp3) is 0.350. The van der Waals surface area contributed by atoms with E-state index in [0.717, 1.165) is 0 Å². The van der Waals surface area contributed by atoms with Crippen LogP contribution >= 0.6 is 11.6 Å². The first-order chi connectivity index (χ1) is 14.1. The van der Waals surface area contributed by atoms with Crippen molar-refractivity contribution in [3.63, 3.8) is 0 Å². The topological polar surface area (TPSA) is 101 Å². The molecule has 1 aliphatic rings. The summed E-state index contributed by atoms with van der Waals surface area (Å²) in [6, 6.07) is 10.7. The Labute approximate surface area is 180 Å². The van der Waals surface area contributed by atoms with Gasteiger partial charge in [0.15, 0.2) is 9.84 Å². The predicted molar refractivity (Wildman–Crippen MR) is 115 cm³/mol. The van der Waals surface area contributed by atoms with Crippen molar-refractivity contribution < 1.29 is 18.1 Å². The Morgan fingerprint density at radius 1 is 1.10 bits per heavy atom. The summed E-state index contributed by atoms with van der Waals surface area (Å²) in [6.07, 6.45) is 0. The SMILES string of the molecule is CC(C)S(=O)(=O)c1ccccc1C(=O)N1CCN(c2ccc(Cl)cc2[N+](=O)[O-])CC1. The largest absolute Gasteiger partial charge is 0.362 e. The number of anilines is 1. The summed E-state index contributed by atoms with van der Waals surface area (Å²) in [5.41, 5.74) is 0.507. The molecule has 0 atom stereocenters. The van der Waals surface area contributed by atoms with Gasteiger partial charge in [-0.2, -0.15) is 0 Å². The van der Waals surface area contributed by atoms with E-state index in [1.165, 1.54) is 18.2 Å². The van der Waals surface area contributed by atoms with E-state index in [9.17, 15) is 23.3 Å². The zero-order chi connectivity index (χ0) is 22.1. The molecule has 0 bridgehead atoms. The van der Waals surface area contributed by atoms with Gasteiger partial charge in [-0.1, -0.05) is 23.7 Å². The van der Waals surface area contributed by atoms with Gasteiger partial charge in [-0.15, -0.1) is 0 Å². The molecule has 0 aliphatic carbocycles. The summed E-state index contributed by atoms with van der Waals surface area (Å²) in [7, 11) is -3.61. The molecule has 0 aromatic heterocycles. The molecule has 1 fully saturated rings. The predicted octanol–water partition coefficient (Wildman–Crippen LogP) is 3.39. The van der Waals surface area contributed by atoms with Crippen LogP contribution in [-0.2, 0) is 9.84 Å². The summed E-state index contributed by atoms with van der Waals surface area (Å²) in [5, 5.41) is 11.0. The van der Waals surface area contributed by atoms with E-state index in [-0.39, 0.29) is 27.1 Å². The number of amides is 1. The van der Waals surface area contributed by atoms with Gasteiger partial charge in [0.25, 0.3) is 11.6 Å². The zero-order valence-corrected chi connectivity index (χ0v) is 18.2. The lowest BCUT2D eigenvalue weighted by Gasteiger charge is -2.36. The van der Waals surface area contributed by atoms with Crippen molar-refractivity contribution in [1.29, 1.82) is 0 Å². The second kappa shape index (κ2) is 8.61. The van der Waals surface area contributed by atoms with Crippen molar-refractivity contribution >= 4 is 38.7 Å². The number of sulfone groups is 1. The number of benzene rings is 2. The fourth-order valence-electron chi connectivity index (χ4n) is 3.38. The minimum atomic E-state index is -3.61. The van der Waals surface area contributed by atoms with Gasteiger partial charge in [-0.3, -0.25) is 14.9 Å². The highest BCUT2D eigenvalue weighted by Crippen LogP contribution is 2.32. The van der Waals surface area contributed by atoms with Crippen LogP contribution in [0.2, 0.25) is 5.02 Å². The van der Waals surface area contributed by atoms with Gasteiger partial charge in [0, 0.05) is 37.3 Å². The lowest BCUT2D eigenvalue weighted by atomic mass is 10.1. The summed E-state index contributed by atoms with van der Waals surface area (Å²) in [4.78, 5) is 27.4. The van der Waals surface area contributed by atoms with Crippen LogP contribution in [0.25, 0.3) is 0 Å². The van der Waals surface area contributed by atoms with Crippen LogP contribution < -0.4 is 4.90 Å². The van der Waals surface area contributed by atoms with Crippen molar-refractivity contribution in [2.75, 3.05) is 31.1 Å². The van der Waals surface area contributed by atoms with Crippen LogP contribution in [0.5, 0.6) is 0 Å². The number of nitro benzene ring substituents is 1. The monoisotopic (exact) mass is 451 g/mol. The molecule has 0 saturated carbocycles. The average molecular weight is 452 g/mol. The molecule has 3 rings (SSSR count). The highest BCUT2D eigenvalue weighted by atomic mass is 35.5. The van der Waals surface area contributed by atoms with Crippen molar-refractivity contribution in [3.05, 3.63) is 63.2 Å². The number of carbonyl (C=O) groups is 1. The molecule has 10 heteroatoms. The number of nitro groups is 1. The zero-order valence-electron chi connectivity index (χ0n) is 16.6. The van der Waals surface area contributed by atoms with E-state index in [4.69, 9.17) is 11.6 Å². The Morgan fingerprint density at radius 2 is 1.73 bits per heavy atom. The summed E-state index contributed by atoms with van der Waals surface area (Å²) in [5.74, 6) is -0.361. The van der Waals surface area contributed by atoms with Gasteiger partial charge in [0.2, 0.25) is 0 Å². The quantitative estimate of drug-likeness (QED) is 0.510. The number of piperazine rings is 1. The molecule has 1 aliphatic heterocycles. The van der Waals surface area contributed by atoms with Crippen LogP contribution in [0.3, 0.4) is 0 Å². The molecule has 8 nitrogen and oxygen atoms in total. The van der Waals surface area contributed by atoms with Gasteiger partial charge in [0.1, 0.15) is 5.69 Å². The van der Waals surface area contributed by atoms with Gasteiger partial charge in [-0.05, 0) is 38.1 Å². The van der Waals surface area contributed by atoms with E-state index in [1.54, 1.807) is 43.0 Å². The van der Waals surface area contributed by atoms with Crippen LogP contribution in [0.1, 0.15) is 24.2 Å². The Kier molecular flexibility index (Phi) is 6.33. The third-order valence-corrected chi connectivity index (χ3v) is 7.53. The summed E-state index contributed by atoms with van der Waals surface area (Å²) >= 11 is 5.88. The van der Waals surface area contributed by atoms with Crippen LogP contribution in [0.15, 0.2) is 47.4 Å². The number of carbonyl (C=O) groups excluding carboxylic acids is 1. The number of hydrogen-bond acceptors (Lipinski definition) is 6. The van der Waals surface area contributed by atoms with Crippen molar-refractivity contribution in [1.82, 2.24) is 4.90 Å². The second-order valence-corrected chi connectivity index (χ2v) is 10.2. The Balaban J connectivity index is 1.81. The number of nitrogens with zero attached hydrogens (tertiary/aromatic N) is 3. The van der Waals surface area contributed by atoms with E-state index in [1.807, 2.05) is 4.90 Å². The van der Waals surface area contributed by atoms with Crippen LogP contribution in [-0.4, -0.2) is 55.6 Å². The summed E-state index contributed by atoms with van der Waals surface area (Å²) < 4.78 is 25.3. The highest BCUT2D eigenvalue weighted by molar-refractivity contribution is 7.92. The minimum absolute atomic E-state index is 0.0285. The number of halogens is 1. The second-order valence-electron chi connectivity index (χ2n) is 7.26. The molecular formula is C20H22ClN3O5S. The normalized spacial score (nSPS) is 14.8. The average Bonchev–Trinajstić information content (AvgIpc) is 2.73. The molecule has 1 saturated heterocycles. The molecule has 0 spiro atoms. The van der Waals surface area contributed by atoms with E-state index in [2.05, 4.69) is 0 Å². The van der Waals surface area contributed by atoms with Gasteiger partial charge in [-0.25, -0.2) is 8.42 Å². The third kappa shape index (κ3) is 4.27. The molecule has 1 heterocycles. The maximum absolute atomic E-state index is 13.1. The first-order valence-electron chi connectivity index (χ1n) is 9.44. The molecule has 2 aromatic carbocycles. The highest BCUT2D eigenvalue weighted by Gasteiger charge is 2.30. The van der Waals surface area contributed by atoms with Crippen molar-refractivity contribution in [3.8, 4) is 0 Å². The maximum Gasteiger partial charge on any atom is 0.294 e. The van der Waals surface area contributed by atoms with Crippen molar-refractivity contribution in [2.24, 2.45) is 0 Å². The Hall–Kier alpha value is -2.65. The van der Waals surface area contributed by atoms with Crippen molar-refractivity contribution in [2.45, 2.75) is 24.0 Å². The standard InChI is InChI=1S/C20H22ClN3O5S/c1-14(2)30(28,29)19-6-4-3-5-16(19)20(25)23-11-9-22(10-12-23)17-8-7-15(21)13-18(17)24(26)27/h3-8,13-14H,9-12H2,1-2H3. The molecule has 30 heavy (non-hydrogen) atoms. The van der Waals surface area contributed by atoms with Gasteiger partial charge in [0.05, 0.1) is 20.6 Å². The number of hydrogen-bond donors (Lipinski definition) is 0. The molecular weight excluding hydrogens is 430 g/mol. The Morgan fingerprint density at radius 3 is 2.33 bits per heavy atom. The minimum Gasteiger partial charge on any atom is -0.362 e. The smallest absolute Gasteiger partial charge is 0.294 e. The van der Waals surface area contributed by atoms with E-state index in [0.29, 0.717) is 31.9 Å². The molecule has 0 unspecified atom stereocenters. The van der Waals surface area contributed by atoms with E-state index < -0.39 is 20.0 Å². The first kappa shape index (κ1) is 22.0. The van der Waals surface area contributed by atoms with E-state index >= 15 is 0 Å². The number of rotatable bonds is 5. The summed E-state index contributed by atoms with van der Waals surface area (Å²) in [6.45, 7) is 4.55. The molecule has 0 N–H and O–H groups in total. The molecule has 2 aromatic rings. The lowest BCUT2D eigenvalue weighted by Crippen LogP contribution is -2.49. The molecule has 1 amide bonds. The molecule has 160 valence electrons. The van der Waals surface area contributed by atoms with Crippen LogP contribution in [0, 0.1) is 10.1 Å². The Bertz CT molecular complexity index is 1080. The maximum atomic E-state index is 13.1. The van der Waals surface area contributed by atoms with Gasteiger partial charge < -0.3 is 9.80 Å². The first-order valence-corrected chi connectivity index (χ1v) is 11.4. The lowest BCUT2D eigenvalue weighted by molar-refractivity contribution is -0.384. The fourth-order valence-corrected chi connectivity index (χ4v) is 4.78. The third-order valence-electron chi connectivity index (χ3n) is 5.09. The molecule has 0 radical (unpaired) electrons. The van der Waals surface area contributed by atoms with Crippen LogP contribution in [0.4, 0.5) is 11.4 Å². The van der Waals surface area contributed by atoms with Gasteiger partial charge >= 0.3 is 0 Å².